The van der Waals surface area contributed by atoms with E-state index in [9.17, 15) is 0 Å². The van der Waals surface area contributed by atoms with Crippen LogP contribution in [0.3, 0.4) is 0 Å². The van der Waals surface area contributed by atoms with Crippen molar-refractivity contribution in [2.75, 3.05) is 7.11 Å². The Balaban J connectivity index is 2.10. The first-order chi connectivity index (χ1) is 7.86. The quantitative estimate of drug-likeness (QED) is 0.685. The molecule has 0 fully saturated rings. The number of aromatic amines is 2. The number of hydrogen-bond donors (Lipinski definition) is 2. The van der Waals surface area contributed by atoms with Gasteiger partial charge >= 0.3 is 0 Å². The van der Waals surface area contributed by atoms with Gasteiger partial charge in [-0.05, 0) is 12.1 Å². The van der Waals surface area contributed by atoms with Gasteiger partial charge in [0.05, 0.1) is 36.4 Å². The van der Waals surface area contributed by atoms with Gasteiger partial charge in [0.2, 0.25) is 0 Å². The summed E-state index contributed by atoms with van der Waals surface area (Å²) in [6, 6.07) is 6.50. The number of aromatic nitrogens is 4. The van der Waals surface area contributed by atoms with Crippen LogP contribution in [0.25, 0.3) is 22.3 Å². The van der Waals surface area contributed by atoms with Crippen LogP contribution in [0.4, 0.5) is 0 Å². The normalized spacial score (nSPS) is 10.8. The molecule has 0 saturated carbocycles. The number of hydrogen-bond acceptors (Lipinski definition) is 3. The third-order valence-electron chi connectivity index (χ3n) is 2.48. The Bertz CT molecular complexity index is 625. The molecule has 3 aromatic rings. The van der Waals surface area contributed by atoms with Crippen LogP contribution in [0.15, 0.2) is 30.7 Å². The van der Waals surface area contributed by atoms with Gasteiger partial charge in [0.25, 0.3) is 6.01 Å². The number of nitrogens with one attached hydrogen (secondary N) is 2. The van der Waals surface area contributed by atoms with Crippen LogP contribution >= 0.6 is 0 Å². The number of imidazole rings is 2. The topological polar surface area (TPSA) is 66.6 Å². The van der Waals surface area contributed by atoms with Crippen LogP contribution in [0, 0.1) is 0 Å². The molecule has 0 spiro atoms. The first-order valence-electron chi connectivity index (χ1n) is 4.89. The highest BCUT2D eigenvalue weighted by Crippen LogP contribution is 2.22. The van der Waals surface area contributed by atoms with E-state index in [1.165, 1.54) is 0 Å². The second kappa shape index (κ2) is 3.37. The first-order valence-corrected chi connectivity index (χ1v) is 4.89. The van der Waals surface area contributed by atoms with Gasteiger partial charge in [-0.1, -0.05) is 6.07 Å². The molecular formula is C11H10N4O. The number of nitrogens with zero attached hydrogens (tertiary/aromatic N) is 2. The molecule has 3 rings (SSSR count). The van der Waals surface area contributed by atoms with Gasteiger partial charge in [-0.3, -0.25) is 0 Å². The number of ether oxygens (including phenoxy) is 1. The van der Waals surface area contributed by atoms with Crippen LogP contribution in [0.1, 0.15) is 0 Å². The van der Waals surface area contributed by atoms with Crippen LogP contribution in [0.5, 0.6) is 6.01 Å². The van der Waals surface area contributed by atoms with E-state index < -0.39 is 0 Å². The Morgan fingerprint density at radius 2 is 2.19 bits per heavy atom. The molecule has 1 aromatic carbocycles. The molecular weight excluding hydrogens is 204 g/mol. The molecule has 16 heavy (non-hydrogen) atoms. The van der Waals surface area contributed by atoms with E-state index in [0.29, 0.717) is 6.01 Å². The number of methoxy groups -OCH3 is 1. The van der Waals surface area contributed by atoms with Crippen molar-refractivity contribution in [2.24, 2.45) is 0 Å². The summed E-state index contributed by atoms with van der Waals surface area (Å²) in [6.45, 7) is 0. The molecule has 2 N–H and O–H groups in total. The molecule has 0 radical (unpaired) electrons. The van der Waals surface area contributed by atoms with E-state index in [0.717, 1.165) is 22.3 Å². The largest absolute Gasteiger partial charge is 0.468 e. The third kappa shape index (κ3) is 1.33. The number of benzene rings is 1. The van der Waals surface area contributed by atoms with Crippen molar-refractivity contribution >= 4 is 11.0 Å². The predicted molar refractivity (Wildman–Crippen MR) is 60.2 cm³/mol. The monoisotopic (exact) mass is 214 g/mol. The standard InChI is InChI=1S/C11H10N4O/c1-16-11-12-5-10(15-11)7-2-3-8-9(4-7)14-6-13-8/h2-6H,1H3,(H,12,15)(H,13,14). The average Bonchev–Trinajstić information content (AvgIpc) is 2.96. The SMILES string of the molecule is COc1ncc(-c2ccc3nc[nH]c3c2)[nH]1. The molecule has 0 aliphatic heterocycles. The van der Waals surface area contributed by atoms with Crippen LogP contribution in [-0.2, 0) is 0 Å². The molecule has 0 saturated heterocycles. The second-order valence-corrected chi connectivity index (χ2v) is 3.44. The van der Waals surface area contributed by atoms with Crippen molar-refractivity contribution in [1.82, 2.24) is 19.9 Å². The minimum atomic E-state index is 0.514. The van der Waals surface area contributed by atoms with Crippen LogP contribution in [-0.4, -0.2) is 27.0 Å². The van der Waals surface area contributed by atoms with E-state index in [1.807, 2.05) is 18.2 Å². The lowest BCUT2D eigenvalue weighted by atomic mass is 10.1. The minimum absolute atomic E-state index is 0.514. The Hall–Kier alpha value is -2.30. The lowest BCUT2D eigenvalue weighted by Crippen LogP contribution is -1.83. The summed E-state index contributed by atoms with van der Waals surface area (Å²) in [7, 11) is 1.58. The van der Waals surface area contributed by atoms with E-state index in [-0.39, 0.29) is 0 Å². The second-order valence-electron chi connectivity index (χ2n) is 3.44. The van der Waals surface area contributed by atoms with Gasteiger partial charge in [-0.25, -0.2) is 9.97 Å². The maximum atomic E-state index is 5.00. The molecule has 0 bridgehead atoms. The smallest absolute Gasteiger partial charge is 0.293 e. The van der Waals surface area contributed by atoms with E-state index in [4.69, 9.17) is 4.74 Å². The van der Waals surface area contributed by atoms with E-state index in [2.05, 4.69) is 19.9 Å². The number of rotatable bonds is 2. The van der Waals surface area contributed by atoms with Crippen molar-refractivity contribution in [2.45, 2.75) is 0 Å². The number of fused-ring (bicyclic) bond motifs is 1. The summed E-state index contributed by atoms with van der Waals surface area (Å²) in [6.07, 6.45) is 3.43. The Kier molecular flexibility index (Phi) is 1.89. The molecule has 5 heteroatoms. The molecule has 0 aliphatic rings. The van der Waals surface area contributed by atoms with Crippen molar-refractivity contribution in [3.8, 4) is 17.3 Å². The van der Waals surface area contributed by atoms with Gasteiger partial charge in [0.15, 0.2) is 0 Å². The van der Waals surface area contributed by atoms with E-state index >= 15 is 0 Å². The Labute approximate surface area is 91.5 Å². The van der Waals surface area contributed by atoms with Gasteiger partial charge in [0.1, 0.15) is 0 Å². The zero-order chi connectivity index (χ0) is 11.0. The first kappa shape index (κ1) is 8.96. The molecule has 0 aliphatic carbocycles. The van der Waals surface area contributed by atoms with Crippen molar-refractivity contribution < 1.29 is 4.74 Å². The summed E-state index contributed by atoms with van der Waals surface area (Å²) in [5.74, 6) is 0. The molecule has 0 amide bonds. The predicted octanol–water partition coefficient (Wildman–Crippen LogP) is 1.96. The van der Waals surface area contributed by atoms with Gasteiger partial charge in [0, 0.05) is 5.56 Å². The fourth-order valence-corrected chi connectivity index (χ4v) is 1.66. The fourth-order valence-electron chi connectivity index (χ4n) is 1.66. The molecule has 80 valence electrons. The maximum Gasteiger partial charge on any atom is 0.293 e. The highest BCUT2D eigenvalue weighted by molar-refractivity contribution is 5.80. The summed E-state index contributed by atoms with van der Waals surface area (Å²) in [5, 5.41) is 0. The Morgan fingerprint density at radius 1 is 1.25 bits per heavy atom. The third-order valence-corrected chi connectivity index (χ3v) is 2.48. The van der Waals surface area contributed by atoms with Crippen LogP contribution in [0.2, 0.25) is 0 Å². The Morgan fingerprint density at radius 3 is 3.00 bits per heavy atom. The summed E-state index contributed by atoms with van der Waals surface area (Å²) < 4.78 is 5.00. The zero-order valence-corrected chi connectivity index (χ0v) is 8.69. The van der Waals surface area contributed by atoms with E-state index in [1.54, 1.807) is 19.6 Å². The molecule has 2 aromatic heterocycles. The molecule has 0 atom stereocenters. The molecule has 5 nitrogen and oxygen atoms in total. The lowest BCUT2D eigenvalue weighted by molar-refractivity contribution is 0.384. The zero-order valence-electron chi connectivity index (χ0n) is 8.69. The summed E-state index contributed by atoms with van der Waals surface area (Å²) >= 11 is 0. The molecule has 2 heterocycles. The highest BCUT2D eigenvalue weighted by Gasteiger charge is 2.04. The van der Waals surface area contributed by atoms with Gasteiger partial charge in [-0.15, -0.1) is 0 Å². The summed E-state index contributed by atoms with van der Waals surface area (Å²) in [5.41, 5.74) is 3.93. The highest BCUT2D eigenvalue weighted by atomic mass is 16.5. The minimum Gasteiger partial charge on any atom is -0.468 e. The van der Waals surface area contributed by atoms with Crippen molar-refractivity contribution in [3.05, 3.63) is 30.7 Å². The van der Waals surface area contributed by atoms with Crippen molar-refractivity contribution in [1.29, 1.82) is 0 Å². The fraction of sp³-hybridized carbons (Fsp3) is 0.0909. The maximum absolute atomic E-state index is 5.00. The molecule has 0 unspecified atom stereocenters. The van der Waals surface area contributed by atoms with Gasteiger partial charge < -0.3 is 14.7 Å². The van der Waals surface area contributed by atoms with Gasteiger partial charge in [-0.2, -0.15) is 0 Å². The lowest BCUT2D eigenvalue weighted by Gasteiger charge is -1.97. The number of H-pyrrole nitrogens is 2. The van der Waals surface area contributed by atoms with Crippen LogP contribution < -0.4 is 4.74 Å². The average molecular weight is 214 g/mol. The van der Waals surface area contributed by atoms with Crippen molar-refractivity contribution in [3.63, 3.8) is 0 Å². The summed E-state index contributed by atoms with van der Waals surface area (Å²) in [4.78, 5) is 14.4.